The Morgan fingerprint density at radius 1 is 1.59 bits per heavy atom. The summed E-state index contributed by atoms with van der Waals surface area (Å²) in [5.74, 6) is -1.19. The van der Waals surface area contributed by atoms with Crippen molar-refractivity contribution in [3.05, 3.63) is 0 Å². The lowest BCUT2D eigenvalue weighted by molar-refractivity contribution is -0.162. The molecule has 0 aromatic heterocycles. The zero-order chi connectivity index (χ0) is 13.0. The van der Waals surface area contributed by atoms with Gasteiger partial charge in [-0.1, -0.05) is 12.2 Å². The summed E-state index contributed by atoms with van der Waals surface area (Å²) in [6.07, 6.45) is -0.726. The minimum Gasteiger partial charge on any atom is -0.467 e. The van der Waals surface area contributed by atoms with Gasteiger partial charge >= 0.3 is 5.97 Å². The first-order chi connectivity index (χ1) is 7.97. The molecule has 0 bridgehead atoms. The molecular weight excluding hydrogens is 244 g/mol. The molecule has 0 saturated carbocycles. The van der Waals surface area contributed by atoms with Gasteiger partial charge in [0.15, 0.2) is 6.10 Å². The maximum Gasteiger partial charge on any atom is 0.336 e. The number of nitrogens with zero attached hydrogens (tertiary/aromatic N) is 1. The molecule has 0 radical (unpaired) electrons. The lowest BCUT2D eigenvalue weighted by atomic mass is 10.1. The molecule has 2 atom stereocenters. The summed E-state index contributed by atoms with van der Waals surface area (Å²) in [6, 6.07) is 0. The number of esters is 1. The Bertz CT molecular complexity index is 334. The van der Waals surface area contributed by atoms with E-state index >= 15 is 0 Å². The van der Waals surface area contributed by atoms with Gasteiger partial charge in [0.2, 0.25) is 5.91 Å². The van der Waals surface area contributed by atoms with Crippen LogP contribution in [-0.2, 0) is 19.1 Å². The molecule has 1 heterocycles. The van der Waals surface area contributed by atoms with Crippen molar-refractivity contribution in [3.63, 3.8) is 0 Å². The Balaban J connectivity index is 2.63. The fraction of sp³-hybridized carbons (Fsp3) is 0.700. The van der Waals surface area contributed by atoms with E-state index in [0.29, 0.717) is 13.2 Å². The molecule has 0 aliphatic carbocycles. The maximum absolute atomic E-state index is 11.9. The van der Waals surface area contributed by atoms with Crippen molar-refractivity contribution in [3.8, 4) is 0 Å². The van der Waals surface area contributed by atoms with Crippen molar-refractivity contribution in [1.29, 1.82) is 0 Å². The van der Waals surface area contributed by atoms with E-state index in [1.807, 2.05) is 0 Å². The summed E-state index contributed by atoms with van der Waals surface area (Å²) in [4.78, 5) is 24.9. The molecular formula is C10H16N2O4S. The molecule has 1 fully saturated rings. The molecule has 17 heavy (non-hydrogen) atoms. The minimum absolute atomic E-state index is 0.149. The predicted octanol–water partition coefficient (Wildman–Crippen LogP) is -0.691. The van der Waals surface area contributed by atoms with E-state index in [1.165, 1.54) is 12.0 Å². The van der Waals surface area contributed by atoms with Crippen LogP contribution in [0.2, 0.25) is 0 Å². The first kappa shape index (κ1) is 13.9. The van der Waals surface area contributed by atoms with E-state index in [0.717, 1.165) is 0 Å². The van der Waals surface area contributed by atoms with Crippen molar-refractivity contribution in [1.82, 2.24) is 4.90 Å². The summed E-state index contributed by atoms with van der Waals surface area (Å²) in [5.41, 5.74) is 5.43. The van der Waals surface area contributed by atoms with Crippen LogP contribution < -0.4 is 5.73 Å². The number of hydrogen-bond acceptors (Lipinski definition) is 5. The second-order valence-electron chi connectivity index (χ2n) is 3.79. The Morgan fingerprint density at radius 2 is 2.24 bits per heavy atom. The highest BCUT2D eigenvalue weighted by atomic mass is 32.1. The quantitative estimate of drug-likeness (QED) is 0.534. The van der Waals surface area contributed by atoms with Crippen LogP contribution >= 0.6 is 12.2 Å². The largest absolute Gasteiger partial charge is 0.467 e. The number of thiocarbonyl (C=S) groups is 1. The van der Waals surface area contributed by atoms with Gasteiger partial charge in [-0.2, -0.15) is 0 Å². The predicted molar refractivity (Wildman–Crippen MR) is 64.3 cm³/mol. The van der Waals surface area contributed by atoms with E-state index in [4.69, 9.17) is 22.7 Å². The highest BCUT2D eigenvalue weighted by Crippen LogP contribution is 2.11. The van der Waals surface area contributed by atoms with Crippen LogP contribution in [-0.4, -0.2) is 54.7 Å². The second-order valence-corrected chi connectivity index (χ2v) is 4.26. The SMILES string of the molecule is COC(=O)C1CN(C(=O)C(C)C(N)=S)CCO1. The lowest BCUT2D eigenvalue weighted by Gasteiger charge is -2.32. The molecule has 96 valence electrons. The number of carbonyl (C=O) groups is 2. The topological polar surface area (TPSA) is 81.9 Å². The highest BCUT2D eigenvalue weighted by Gasteiger charge is 2.32. The first-order valence-corrected chi connectivity index (χ1v) is 5.65. The van der Waals surface area contributed by atoms with Crippen LogP contribution in [0.15, 0.2) is 0 Å². The summed E-state index contributed by atoms with van der Waals surface area (Å²) in [7, 11) is 1.28. The zero-order valence-electron chi connectivity index (χ0n) is 9.84. The molecule has 1 saturated heterocycles. The Morgan fingerprint density at radius 3 is 2.76 bits per heavy atom. The molecule has 1 aliphatic rings. The summed E-state index contributed by atoms with van der Waals surface area (Å²) in [6.45, 7) is 2.56. The molecule has 2 unspecified atom stereocenters. The second kappa shape index (κ2) is 5.92. The number of amides is 1. The Labute approximate surface area is 105 Å². The number of hydrogen-bond donors (Lipinski definition) is 1. The zero-order valence-corrected chi connectivity index (χ0v) is 10.7. The molecule has 0 spiro atoms. The third kappa shape index (κ3) is 3.37. The van der Waals surface area contributed by atoms with Crippen LogP contribution in [0.1, 0.15) is 6.92 Å². The Kier molecular flexibility index (Phi) is 4.83. The maximum atomic E-state index is 11.9. The van der Waals surface area contributed by atoms with Crippen molar-refractivity contribution in [2.45, 2.75) is 13.0 Å². The molecule has 1 rings (SSSR count). The normalized spacial score (nSPS) is 21.8. The van der Waals surface area contributed by atoms with Crippen molar-refractivity contribution in [2.75, 3.05) is 26.8 Å². The van der Waals surface area contributed by atoms with Crippen LogP contribution in [0.4, 0.5) is 0 Å². The summed E-state index contributed by atoms with van der Waals surface area (Å²) < 4.78 is 9.79. The van der Waals surface area contributed by atoms with Gasteiger partial charge in [-0.05, 0) is 6.92 Å². The van der Waals surface area contributed by atoms with E-state index in [2.05, 4.69) is 4.74 Å². The Hall–Kier alpha value is -1.21. The van der Waals surface area contributed by atoms with E-state index in [1.54, 1.807) is 6.92 Å². The lowest BCUT2D eigenvalue weighted by Crippen LogP contribution is -2.51. The monoisotopic (exact) mass is 260 g/mol. The van der Waals surface area contributed by atoms with Gasteiger partial charge in [-0.15, -0.1) is 0 Å². The van der Waals surface area contributed by atoms with E-state index in [-0.39, 0.29) is 17.4 Å². The number of morpholine rings is 1. The van der Waals surface area contributed by atoms with Crippen LogP contribution in [0.3, 0.4) is 0 Å². The number of rotatable bonds is 3. The fourth-order valence-electron chi connectivity index (χ4n) is 1.52. The average Bonchev–Trinajstić information content (AvgIpc) is 2.36. The summed E-state index contributed by atoms with van der Waals surface area (Å²) >= 11 is 4.78. The number of carbonyl (C=O) groups excluding carboxylic acids is 2. The fourth-order valence-corrected chi connectivity index (χ4v) is 1.62. The van der Waals surface area contributed by atoms with Crippen molar-refractivity contribution in [2.24, 2.45) is 11.7 Å². The standard InChI is InChI=1S/C10H16N2O4S/c1-6(8(11)17)9(13)12-3-4-16-7(5-12)10(14)15-2/h6-7H,3-5H2,1-2H3,(H2,11,17). The van der Waals surface area contributed by atoms with Gasteiger partial charge in [-0.3, -0.25) is 4.79 Å². The molecule has 7 heteroatoms. The van der Waals surface area contributed by atoms with Gasteiger partial charge in [0.25, 0.3) is 0 Å². The van der Waals surface area contributed by atoms with Gasteiger partial charge in [0, 0.05) is 6.54 Å². The van der Waals surface area contributed by atoms with Crippen LogP contribution in [0, 0.1) is 5.92 Å². The van der Waals surface area contributed by atoms with E-state index in [9.17, 15) is 9.59 Å². The molecule has 6 nitrogen and oxygen atoms in total. The smallest absolute Gasteiger partial charge is 0.336 e. The van der Waals surface area contributed by atoms with Crippen molar-refractivity contribution >= 4 is 29.1 Å². The van der Waals surface area contributed by atoms with Crippen molar-refractivity contribution < 1.29 is 19.1 Å². The molecule has 0 aromatic rings. The van der Waals surface area contributed by atoms with E-state index < -0.39 is 18.0 Å². The third-order valence-electron chi connectivity index (χ3n) is 2.64. The molecule has 2 N–H and O–H groups in total. The number of ether oxygens (including phenoxy) is 2. The minimum atomic E-state index is -0.726. The van der Waals surface area contributed by atoms with Gasteiger partial charge in [-0.25, -0.2) is 4.79 Å². The number of nitrogens with two attached hydrogens (primary N) is 1. The number of methoxy groups -OCH3 is 1. The third-order valence-corrected chi connectivity index (χ3v) is 2.99. The van der Waals surface area contributed by atoms with Gasteiger partial charge < -0.3 is 20.1 Å². The molecule has 0 aromatic carbocycles. The van der Waals surface area contributed by atoms with Crippen LogP contribution in [0.25, 0.3) is 0 Å². The highest BCUT2D eigenvalue weighted by molar-refractivity contribution is 7.80. The first-order valence-electron chi connectivity index (χ1n) is 5.25. The average molecular weight is 260 g/mol. The molecule has 1 amide bonds. The van der Waals surface area contributed by atoms with Gasteiger partial charge in [0.05, 0.1) is 31.2 Å². The molecule has 1 aliphatic heterocycles. The van der Waals surface area contributed by atoms with Gasteiger partial charge in [0.1, 0.15) is 0 Å². The van der Waals surface area contributed by atoms with Crippen LogP contribution in [0.5, 0.6) is 0 Å². The summed E-state index contributed by atoms with van der Waals surface area (Å²) in [5, 5.41) is 0.